The predicted molar refractivity (Wildman–Crippen MR) is 73.3 cm³/mol. The maximum Gasteiger partial charge on any atom is 0.475 e. The first-order valence-corrected chi connectivity index (χ1v) is 8.09. The van der Waals surface area contributed by atoms with Crippen LogP contribution >= 0.6 is 7.82 Å². The van der Waals surface area contributed by atoms with Gasteiger partial charge in [-0.1, -0.05) is 25.7 Å². The molecule has 1 unspecified atom stereocenters. The van der Waals surface area contributed by atoms with E-state index in [9.17, 15) is 4.57 Å². The highest BCUT2D eigenvalue weighted by Crippen LogP contribution is 2.50. The largest absolute Gasteiger partial charge is 0.475 e. The molecule has 0 amide bonds. The van der Waals surface area contributed by atoms with Crippen molar-refractivity contribution >= 4 is 7.82 Å². The van der Waals surface area contributed by atoms with Gasteiger partial charge in [-0.2, -0.15) is 0 Å². The minimum atomic E-state index is -3.44. The van der Waals surface area contributed by atoms with E-state index >= 15 is 0 Å². The van der Waals surface area contributed by atoms with Crippen molar-refractivity contribution < 1.29 is 18.1 Å². The number of phosphoric acid groups is 1. The van der Waals surface area contributed by atoms with Crippen molar-refractivity contribution in [2.45, 2.75) is 59.5 Å². The number of phosphoric ester groups is 1. The third-order valence-electron chi connectivity index (χ3n) is 2.07. The van der Waals surface area contributed by atoms with E-state index in [-0.39, 0.29) is 13.2 Å². The van der Waals surface area contributed by atoms with E-state index in [0.29, 0.717) is 0 Å². The van der Waals surface area contributed by atoms with Gasteiger partial charge >= 0.3 is 7.82 Å². The number of hydrogen-bond acceptors (Lipinski definition) is 4. The maximum atomic E-state index is 12.0. The summed E-state index contributed by atoms with van der Waals surface area (Å²) >= 11 is 0. The van der Waals surface area contributed by atoms with Crippen LogP contribution in [0.4, 0.5) is 0 Å². The van der Waals surface area contributed by atoms with E-state index in [1.807, 2.05) is 0 Å². The summed E-state index contributed by atoms with van der Waals surface area (Å²) in [5.41, 5.74) is 0. The molecule has 18 heavy (non-hydrogen) atoms. The molecule has 0 aliphatic heterocycles. The van der Waals surface area contributed by atoms with E-state index in [0.717, 1.165) is 12.8 Å². The zero-order chi connectivity index (χ0) is 13.9. The summed E-state index contributed by atoms with van der Waals surface area (Å²) in [6.45, 7) is 7.96. The molecule has 0 aromatic heterocycles. The molecule has 0 rings (SSSR count). The van der Waals surface area contributed by atoms with Gasteiger partial charge in [-0.15, -0.1) is 5.92 Å². The SMILES string of the molecule is CCCCCC#CC(C)OP(=O)(OCC)OCC. The molecule has 5 heteroatoms. The van der Waals surface area contributed by atoms with Gasteiger partial charge in [0.2, 0.25) is 0 Å². The monoisotopic (exact) mass is 276 g/mol. The molecule has 0 heterocycles. The van der Waals surface area contributed by atoms with Crippen molar-refractivity contribution in [1.82, 2.24) is 0 Å². The predicted octanol–water partition coefficient (Wildman–Crippen LogP) is 4.16. The molecule has 1 atom stereocenters. The smallest absolute Gasteiger partial charge is 0.287 e. The van der Waals surface area contributed by atoms with Crippen molar-refractivity contribution in [3.05, 3.63) is 0 Å². The van der Waals surface area contributed by atoms with Gasteiger partial charge in [0, 0.05) is 6.42 Å². The van der Waals surface area contributed by atoms with Crippen LogP contribution in [-0.4, -0.2) is 19.3 Å². The summed E-state index contributed by atoms with van der Waals surface area (Å²) in [7, 11) is -3.44. The second-order valence-corrected chi connectivity index (χ2v) is 5.43. The maximum absolute atomic E-state index is 12.0. The van der Waals surface area contributed by atoms with Gasteiger partial charge in [-0.3, -0.25) is 13.6 Å². The highest BCUT2D eigenvalue weighted by atomic mass is 31.2. The van der Waals surface area contributed by atoms with E-state index in [4.69, 9.17) is 13.6 Å². The number of unbranched alkanes of at least 4 members (excludes halogenated alkanes) is 3. The fourth-order valence-electron chi connectivity index (χ4n) is 1.31. The first-order chi connectivity index (χ1) is 8.58. The van der Waals surface area contributed by atoms with E-state index in [2.05, 4.69) is 18.8 Å². The number of rotatable bonds is 9. The molecule has 0 aliphatic carbocycles. The first kappa shape index (κ1) is 17.7. The van der Waals surface area contributed by atoms with Crippen LogP contribution in [0.1, 0.15) is 53.4 Å². The minimum absolute atomic E-state index is 0.286. The summed E-state index contributed by atoms with van der Waals surface area (Å²) in [6, 6.07) is 0. The lowest BCUT2D eigenvalue weighted by molar-refractivity contribution is 0.109. The van der Waals surface area contributed by atoms with Crippen LogP contribution in [0, 0.1) is 11.8 Å². The van der Waals surface area contributed by atoms with E-state index in [1.54, 1.807) is 20.8 Å². The normalized spacial score (nSPS) is 12.9. The van der Waals surface area contributed by atoms with Gasteiger partial charge < -0.3 is 0 Å². The Labute approximate surface area is 111 Å². The molecule has 0 saturated heterocycles. The van der Waals surface area contributed by atoms with Crippen molar-refractivity contribution in [2.24, 2.45) is 0 Å². The second kappa shape index (κ2) is 10.6. The average molecular weight is 276 g/mol. The van der Waals surface area contributed by atoms with E-state index < -0.39 is 13.9 Å². The molecule has 0 saturated carbocycles. The summed E-state index contributed by atoms with van der Waals surface area (Å²) in [5.74, 6) is 5.93. The molecule has 0 N–H and O–H groups in total. The number of hydrogen-bond donors (Lipinski definition) is 0. The Morgan fingerprint density at radius 1 is 1.11 bits per heavy atom. The Balaban J connectivity index is 4.16. The Morgan fingerprint density at radius 2 is 1.72 bits per heavy atom. The van der Waals surface area contributed by atoms with Crippen molar-refractivity contribution in [3.8, 4) is 11.8 Å². The third-order valence-corrected chi connectivity index (χ3v) is 3.80. The molecule has 0 aliphatic rings. The van der Waals surface area contributed by atoms with Crippen LogP contribution in [0.25, 0.3) is 0 Å². The minimum Gasteiger partial charge on any atom is -0.287 e. The molecule has 0 spiro atoms. The Morgan fingerprint density at radius 3 is 2.22 bits per heavy atom. The van der Waals surface area contributed by atoms with Gasteiger partial charge in [-0.25, -0.2) is 4.57 Å². The molecule has 0 radical (unpaired) electrons. The molecule has 0 aromatic carbocycles. The van der Waals surface area contributed by atoms with Crippen LogP contribution < -0.4 is 0 Å². The fraction of sp³-hybridized carbons (Fsp3) is 0.846. The van der Waals surface area contributed by atoms with Crippen LogP contribution in [0.3, 0.4) is 0 Å². The van der Waals surface area contributed by atoms with Crippen LogP contribution in [0.2, 0.25) is 0 Å². The molecule has 0 aromatic rings. The van der Waals surface area contributed by atoms with Gasteiger partial charge in [0.1, 0.15) is 6.10 Å². The van der Waals surface area contributed by atoms with Crippen LogP contribution in [0.5, 0.6) is 0 Å². The van der Waals surface area contributed by atoms with Gasteiger partial charge in [-0.05, 0) is 27.2 Å². The molecular formula is C13H25O4P. The standard InChI is InChI=1S/C13H25O4P/c1-5-8-9-10-11-12-13(4)17-18(14,15-6-2)16-7-3/h13H,5-10H2,1-4H3. The summed E-state index contributed by atoms with van der Waals surface area (Å²) in [5, 5.41) is 0. The van der Waals surface area contributed by atoms with Crippen LogP contribution in [0.15, 0.2) is 0 Å². The van der Waals surface area contributed by atoms with Crippen molar-refractivity contribution in [3.63, 3.8) is 0 Å². The highest BCUT2D eigenvalue weighted by molar-refractivity contribution is 7.48. The molecule has 4 nitrogen and oxygen atoms in total. The fourth-order valence-corrected chi connectivity index (χ4v) is 2.58. The zero-order valence-corrected chi connectivity index (χ0v) is 12.8. The van der Waals surface area contributed by atoms with Gasteiger partial charge in [0.05, 0.1) is 13.2 Å². The lowest BCUT2D eigenvalue weighted by Crippen LogP contribution is -2.07. The van der Waals surface area contributed by atoms with Crippen LogP contribution in [-0.2, 0) is 18.1 Å². The Kier molecular flexibility index (Phi) is 10.4. The Hall–Kier alpha value is -0.330. The lowest BCUT2D eigenvalue weighted by atomic mass is 10.2. The summed E-state index contributed by atoms with van der Waals surface area (Å²) in [6.07, 6.45) is 3.84. The highest BCUT2D eigenvalue weighted by Gasteiger charge is 2.27. The molecular weight excluding hydrogens is 251 g/mol. The first-order valence-electron chi connectivity index (χ1n) is 6.63. The zero-order valence-electron chi connectivity index (χ0n) is 11.9. The average Bonchev–Trinajstić information content (AvgIpc) is 2.29. The Bertz CT molecular complexity index is 296. The molecule has 0 fully saturated rings. The second-order valence-electron chi connectivity index (χ2n) is 3.81. The summed E-state index contributed by atoms with van der Waals surface area (Å²) in [4.78, 5) is 0. The van der Waals surface area contributed by atoms with Crippen molar-refractivity contribution in [2.75, 3.05) is 13.2 Å². The van der Waals surface area contributed by atoms with E-state index in [1.165, 1.54) is 12.8 Å². The third kappa shape index (κ3) is 8.72. The van der Waals surface area contributed by atoms with Gasteiger partial charge in [0.15, 0.2) is 0 Å². The lowest BCUT2D eigenvalue weighted by Gasteiger charge is -2.17. The quantitative estimate of drug-likeness (QED) is 0.360. The summed E-state index contributed by atoms with van der Waals surface area (Å²) < 4.78 is 27.3. The van der Waals surface area contributed by atoms with Crippen molar-refractivity contribution in [1.29, 1.82) is 0 Å². The van der Waals surface area contributed by atoms with Gasteiger partial charge in [0.25, 0.3) is 0 Å². The molecule has 0 bridgehead atoms. The molecule has 106 valence electrons. The topological polar surface area (TPSA) is 44.8 Å².